The van der Waals surface area contributed by atoms with E-state index >= 15 is 0 Å². The zero-order valence-corrected chi connectivity index (χ0v) is 14.8. The number of aliphatic hydroxyl groups is 2. The molecule has 2 aliphatic rings. The minimum Gasteiger partial charge on any atom is -0.506 e. The van der Waals surface area contributed by atoms with Gasteiger partial charge < -0.3 is 15.3 Å². The van der Waals surface area contributed by atoms with Crippen LogP contribution < -0.4 is 0 Å². The number of nitrogens with zero attached hydrogens (tertiary/aromatic N) is 2. The number of aromatic hydroxyl groups is 1. The van der Waals surface area contributed by atoms with E-state index in [2.05, 4.69) is 34.1 Å². The standard InChI is InChI=1S/C21H26N2O3/c24-16-6-7-19(22-11-16)21(26)13-23-12-15-9-17(25)10-18(15)20(23)8-14-4-2-1-3-5-14/h1-7,11,15,17-18,20-21,24-26H,8-10,12-13H2/t15?,17?,18?,20?,21-/m0/s1. The fourth-order valence-corrected chi connectivity index (χ4v) is 4.77. The molecule has 138 valence electrons. The Morgan fingerprint density at radius 1 is 1.12 bits per heavy atom. The highest BCUT2D eigenvalue weighted by Crippen LogP contribution is 2.43. The van der Waals surface area contributed by atoms with Crippen molar-refractivity contribution in [2.45, 2.75) is 37.5 Å². The number of aromatic nitrogens is 1. The van der Waals surface area contributed by atoms with E-state index in [0.717, 1.165) is 25.8 Å². The molecular formula is C21H26N2O3. The number of likely N-dealkylation sites (tertiary alicyclic amines) is 1. The fraction of sp³-hybridized carbons (Fsp3) is 0.476. The molecule has 1 aromatic carbocycles. The molecule has 2 fully saturated rings. The van der Waals surface area contributed by atoms with Crippen molar-refractivity contribution < 1.29 is 15.3 Å². The molecule has 0 bridgehead atoms. The van der Waals surface area contributed by atoms with Crippen LogP contribution in [0.25, 0.3) is 0 Å². The van der Waals surface area contributed by atoms with Crippen LogP contribution in [0, 0.1) is 11.8 Å². The molecule has 3 N–H and O–H groups in total. The summed E-state index contributed by atoms with van der Waals surface area (Å²) in [5, 5.41) is 30.1. The average Bonchev–Trinajstić information content (AvgIpc) is 3.13. The molecule has 1 aliphatic carbocycles. The quantitative estimate of drug-likeness (QED) is 0.767. The molecule has 2 heterocycles. The Morgan fingerprint density at radius 3 is 2.65 bits per heavy atom. The van der Waals surface area contributed by atoms with E-state index in [1.165, 1.54) is 11.8 Å². The molecule has 5 heteroatoms. The van der Waals surface area contributed by atoms with Crippen LogP contribution in [-0.2, 0) is 6.42 Å². The first-order valence-electron chi connectivity index (χ1n) is 9.39. The lowest BCUT2D eigenvalue weighted by Crippen LogP contribution is -2.38. The largest absolute Gasteiger partial charge is 0.506 e. The number of β-amino-alcohol motifs (C(OH)–C–C–N with tert-alkyl or cyclic N) is 1. The zero-order chi connectivity index (χ0) is 18.1. The number of benzene rings is 1. The second-order valence-electron chi connectivity index (χ2n) is 7.72. The maximum atomic E-state index is 10.6. The van der Waals surface area contributed by atoms with Gasteiger partial charge in [0.25, 0.3) is 0 Å². The lowest BCUT2D eigenvalue weighted by Gasteiger charge is -2.30. The van der Waals surface area contributed by atoms with Crippen molar-refractivity contribution in [2.24, 2.45) is 11.8 Å². The summed E-state index contributed by atoms with van der Waals surface area (Å²) in [5.74, 6) is 1.08. The molecule has 4 rings (SSSR count). The molecule has 1 saturated carbocycles. The van der Waals surface area contributed by atoms with Crippen molar-refractivity contribution in [3.05, 3.63) is 59.9 Å². The maximum Gasteiger partial charge on any atom is 0.133 e. The number of fused-ring (bicyclic) bond motifs is 1. The van der Waals surface area contributed by atoms with Crippen molar-refractivity contribution in [2.75, 3.05) is 13.1 Å². The number of hydrogen-bond acceptors (Lipinski definition) is 5. The second kappa shape index (κ2) is 7.35. The summed E-state index contributed by atoms with van der Waals surface area (Å²) >= 11 is 0. The summed E-state index contributed by atoms with van der Waals surface area (Å²) in [6.07, 6.45) is 3.15. The monoisotopic (exact) mass is 354 g/mol. The summed E-state index contributed by atoms with van der Waals surface area (Å²) < 4.78 is 0. The highest BCUT2D eigenvalue weighted by atomic mass is 16.3. The Kier molecular flexibility index (Phi) is 4.94. The van der Waals surface area contributed by atoms with E-state index in [1.807, 2.05) is 6.07 Å². The molecule has 0 amide bonds. The second-order valence-corrected chi connectivity index (χ2v) is 7.72. The zero-order valence-electron chi connectivity index (χ0n) is 14.8. The minimum absolute atomic E-state index is 0.104. The van der Waals surface area contributed by atoms with Gasteiger partial charge in [-0.25, -0.2) is 0 Å². The van der Waals surface area contributed by atoms with Gasteiger partial charge in [-0.2, -0.15) is 0 Å². The number of hydrogen-bond donors (Lipinski definition) is 3. The van der Waals surface area contributed by atoms with Gasteiger partial charge in [0.1, 0.15) is 11.9 Å². The summed E-state index contributed by atoms with van der Waals surface area (Å²) in [7, 11) is 0. The van der Waals surface area contributed by atoms with Gasteiger partial charge in [-0.1, -0.05) is 30.3 Å². The van der Waals surface area contributed by atoms with Crippen LogP contribution >= 0.6 is 0 Å². The Morgan fingerprint density at radius 2 is 1.92 bits per heavy atom. The molecule has 26 heavy (non-hydrogen) atoms. The van der Waals surface area contributed by atoms with Crippen LogP contribution in [0.1, 0.15) is 30.2 Å². The third-order valence-electron chi connectivity index (χ3n) is 5.96. The van der Waals surface area contributed by atoms with Crippen molar-refractivity contribution in [3.63, 3.8) is 0 Å². The van der Waals surface area contributed by atoms with Crippen LogP contribution in [0.2, 0.25) is 0 Å². The maximum absolute atomic E-state index is 10.6. The molecule has 0 spiro atoms. The molecule has 1 saturated heterocycles. The molecule has 5 nitrogen and oxygen atoms in total. The Bertz CT molecular complexity index is 722. The molecule has 4 unspecified atom stereocenters. The lowest BCUT2D eigenvalue weighted by molar-refractivity contribution is 0.0856. The van der Waals surface area contributed by atoms with Gasteiger partial charge in [-0.05, 0) is 48.8 Å². The summed E-state index contributed by atoms with van der Waals surface area (Å²) in [6, 6.07) is 14.0. The SMILES string of the molecule is Oc1ccc([C@@H](O)CN2CC3CC(O)CC3C2Cc2ccccc2)nc1. The lowest BCUT2D eigenvalue weighted by atomic mass is 9.90. The smallest absolute Gasteiger partial charge is 0.133 e. The molecule has 1 aliphatic heterocycles. The summed E-state index contributed by atoms with van der Waals surface area (Å²) in [6.45, 7) is 1.44. The number of pyridine rings is 1. The van der Waals surface area contributed by atoms with Crippen molar-refractivity contribution in [1.29, 1.82) is 0 Å². The Hall–Kier alpha value is -1.95. The van der Waals surface area contributed by atoms with Crippen LogP contribution in [-0.4, -0.2) is 50.4 Å². The first kappa shape index (κ1) is 17.5. The molecule has 0 radical (unpaired) electrons. The first-order chi connectivity index (χ1) is 12.6. The van der Waals surface area contributed by atoms with E-state index in [9.17, 15) is 15.3 Å². The van der Waals surface area contributed by atoms with Gasteiger partial charge in [0, 0.05) is 19.1 Å². The van der Waals surface area contributed by atoms with E-state index < -0.39 is 6.10 Å². The van der Waals surface area contributed by atoms with Crippen molar-refractivity contribution in [1.82, 2.24) is 9.88 Å². The summed E-state index contributed by atoms with van der Waals surface area (Å²) in [4.78, 5) is 6.52. The van der Waals surface area contributed by atoms with Gasteiger partial charge in [0.15, 0.2) is 0 Å². The highest BCUT2D eigenvalue weighted by Gasteiger charge is 2.47. The van der Waals surface area contributed by atoms with Gasteiger partial charge in [-0.15, -0.1) is 0 Å². The van der Waals surface area contributed by atoms with E-state index in [0.29, 0.717) is 30.1 Å². The van der Waals surface area contributed by atoms with Gasteiger partial charge in [0.2, 0.25) is 0 Å². The van der Waals surface area contributed by atoms with Crippen LogP contribution in [0.15, 0.2) is 48.7 Å². The highest BCUT2D eigenvalue weighted by molar-refractivity contribution is 5.20. The normalized spacial score (nSPS) is 29.6. The molecule has 5 atom stereocenters. The number of rotatable bonds is 5. The van der Waals surface area contributed by atoms with Gasteiger partial charge >= 0.3 is 0 Å². The van der Waals surface area contributed by atoms with Crippen LogP contribution in [0.5, 0.6) is 5.75 Å². The van der Waals surface area contributed by atoms with Crippen LogP contribution in [0.3, 0.4) is 0 Å². The van der Waals surface area contributed by atoms with E-state index in [1.54, 1.807) is 12.1 Å². The topological polar surface area (TPSA) is 76.8 Å². The number of aliphatic hydroxyl groups excluding tert-OH is 2. The molecular weight excluding hydrogens is 328 g/mol. The Labute approximate surface area is 153 Å². The predicted octanol–water partition coefficient (Wildman–Crippen LogP) is 2.13. The van der Waals surface area contributed by atoms with Crippen molar-refractivity contribution in [3.8, 4) is 5.75 Å². The van der Waals surface area contributed by atoms with Crippen LogP contribution in [0.4, 0.5) is 0 Å². The first-order valence-corrected chi connectivity index (χ1v) is 9.39. The fourth-order valence-electron chi connectivity index (χ4n) is 4.77. The average molecular weight is 354 g/mol. The minimum atomic E-state index is -0.683. The van der Waals surface area contributed by atoms with Gasteiger partial charge in [0.05, 0.1) is 18.0 Å². The third-order valence-corrected chi connectivity index (χ3v) is 5.96. The van der Waals surface area contributed by atoms with E-state index in [4.69, 9.17) is 0 Å². The molecule has 2 aromatic rings. The predicted molar refractivity (Wildman–Crippen MR) is 98.6 cm³/mol. The van der Waals surface area contributed by atoms with Crippen molar-refractivity contribution >= 4 is 0 Å². The molecule has 1 aromatic heterocycles. The Balaban J connectivity index is 1.50. The third kappa shape index (κ3) is 3.61. The van der Waals surface area contributed by atoms with Gasteiger partial charge in [-0.3, -0.25) is 9.88 Å². The van der Waals surface area contributed by atoms with E-state index in [-0.39, 0.29) is 11.9 Å². The summed E-state index contributed by atoms with van der Waals surface area (Å²) in [5.41, 5.74) is 1.88.